The lowest BCUT2D eigenvalue weighted by atomic mass is 9.86. The quantitative estimate of drug-likeness (QED) is 0.600. The smallest absolute Gasteiger partial charge is 0.269 e. The number of nitro groups is 1. The molecule has 1 amide bonds. The molecule has 0 saturated carbocycles. The normalized spacial score (nSPS) is 15.6. The fourth-order valence-corrected chi connectivity index (χ4v) is 3.56. The minimum Gasteiger partial charge on any atom is -0.339 e. The lowest BCUT2D eigenvalue weighted by Crippen LogP contribution is -2.54. The molecule has 0 unspecified atom stereocenters. The van der Waals surface area contributed by atoms with E-state index in [-0.39, 0.29) is 30.5 Å². The van der Waals surface area contributed by atoms with Crippen LogP contribution >= 0.6 is 24.0 Å². The van der Waals surface area contributed by atoms with E-state index in [9.17, 15) is 14.9 Å². The first-order valence-electron chi connectivity index (χ1n) is 8.33. The molecule has 8 nitrogen and oxygen atoms in total. The predicted octanol–water partition coefficient (Wildman–Crippen LogP) is 2.60. The Bertz CT molecular complexity index is 807. The van der Waals surface area contributed by atoms with Crippen molar-refractivity contribution in [2.45, 2.75) is 24.9 Å². The Morgan fingerprint density at radius 1 is 1.44 bits per heavy atom. The molecule has 10 heteroatoms. The largest absolute Gasteiger partial charge is 0.339 e. The van der Waals surface area contributed by atoms with Crippen molar-refractivity contribution in [3.8, 4) is 0 Å². The van der Waals surface area contributed by atoms with Crippen LogP contribution in [0.2, 0.25) is 5.02 Å². The minimum absolute atomic E-state index is 0. The molecular formula is C17H21Cl2N5O3. The molecule has 146 valence electrons. The second-order valence-corrected chi connectivity index (χ2v) is 6.83. The van der Waals surface area contributed by atoms with Crippen LogP contribution in [0, 0.1) is 10.1 Å². The van der Waals surface area contributed by atoms with Crippen molar-refractivity contribution in [1.29, 1.82) is 0 Å². The molecule has 0 radical (unpaired) electrons. The van der Waals surface area contributed by atoms with E-state index in [4.69, 9.17) is 11.6 Å². The number of likely N-dealkylation sites (N-methyl/N-ethyl adjacent to an activating group) is 1. The van der Waals surface area contributed by atoms with Gasteiger partial charge in [0.1, 0.15) is 5.54 Å². The number of amides is 1. The number of aromatic nitrogens is 2. The van der Waals surface area contributed by atoms with E-state index in [1.807, 2.05) is 0 Å². The van der Waals surface area contributed by atoms with Gasteiger partial charge in [-0.05, 0) is 43.6 Å². The number of carbonyl (C=O) groups excluding carboxylic acids is 1. The van der Waals surface area contributed by atoms with Gasteiger partial charge in [0.15, 0.2) is 0 Å². The van der Waals surface area contributed by atoms with Gasteiger partial charge in [0, 0.05) is 43.1 Å². The van der Waals surface area contributed by atoms with Crippen LogP contribution in [-0.2, 0) is 16.9 Å². The van der Waals surface area contributed by atoms with Crippen LogP contribution in [0.25, 0.3) is 0 Å². The van der Waals surface area contributed by atoms with E-state index < -0.39 is 10.5 Å². The van der Waals surface area contributed by atoms with Gasteiger partial charge in [0.25, 0.3) is 11.6 Å². The lowest BCUT2D eigenvalue weighted by molar-refractivity contribution is -0.384. The lowest BCUT2D eigenvalue weighted by Gasteiger charge is -2.39. The summed E-state index contributed by atoms with van der Waals surface area (Å²) in [6, 6.07) is 6.05. The van der Waals surface area contributed by atoms with Crippen molar-refractivity contribution in [2.75, 3.05) is 20.1 Å². The average Bonchev–Trinajstić information content (AvgIpc) is 3.18. The third-order valence-electron chi connectivity index (χ3n) is 4.77. The van der Waals surface area contributed by atoms with Gasteiger partial charge in [-0.25, -0.2) is 0 Å². The van der Waals surface area contributed by atoms with Gasteiger partial charge in [0.05, 0.1) is 4.92 Å². The first kappa shape index (κ1) is 21.1. The number of non-ortho nitro benzene ring substituents is 1. The number of benzene rings is 1. The van der Waals surface area contributed by atoms with Gasteiger partial charge in [-0.3, -0.25) is 19.6 Å². The SMILES string of the molecule is CN(Cc1cc([N+](=O)[O-])ccc1Cl)C(=O)C1(n2cccn2)CCNCC1.Cl. The predicted molar refractivity (Wildman–Crippen MR) is 104 cm³/mol. The number of nitrogens with zero attached hydrogens (tertiary/aromatic N) is 4. The number of rotatable bonds is 5. The Labute approximate surface area is 168 Å². The zero-order valence-corrected chi connectivity index (χ0v) is 16.4. The topological polar surface area (TPSA) is 93.3 Å². The Morgan fingerprint density at radius 3 is 2.74 bits per heavy atom. The molecule has 1 aromatic carbocycles. The number of hydrogen-bond acceptors (Lipinski definition) is 5. The molecule has 1 N–H and O–H groups in total. The number of nitrogens with one attached hydrogen (secondary N) is 1. The maximum Gasteiger partial charge on any atom is 0.269 e. The van der Waals surface area contributed by atoms with Crippen molar-refractivity contribution in [3.05, 3.63) is 57.4 Å². The van der Waals surface area contributed by atoms with E-state index in [1.165, 1.54) is 18.2 Å². The first-order chi connectivity index (χ1) is 12.4. The number of hydrogen-bond donors (Lipinski definition) is 1. The minimum atomic E-state index is -0.753. The number of nitro benzene ring substituents is 1. The second-order valence-electron chi connectivity index (χ2n) is 6.43. The molecule has 2 heterocycles. The van der Waals surface area contributed by atoms with E-state index in [2.05, 4.69) is 10.4 Å². The van der Waals surface area contributed by atoms with Crippen LogP contribution in [0.15, 0.2) is 36.7 Å². The van der Waals surface area contributed by atoms with Crippen molar-refractivity contribution in [2.24, 2.45) is 0 Å². The Morgan fingerprint density at radius 2 is 2.15 bits per heavy atom. The summed E-state index contributed by atoms with van der Waals surface area (Å²) in [4.78, 5) is 25.4. The van der Waals surface area contributed by atoms with Crippen molar-refractivity contribution in [1.82, 2.24) is 20.0 Å². The Kier molecular flexibility index (Phi) is 6.80. The summed E-state index contributed by atoms with van der Waals surface area (Å²) >= 11 is 6.18. The molecule has 1 aliphatic rings. The van der Waals surface area contributed by atoms with Crippen LogP contribution in [0.5, 0.6) is 0 Å². The zero-order valence-electron chi connectivity index (χ0n) is 14.8. The molecule has 1 aromatic heterocycles. The summed E-state index contributed by atoms with van der Waals surface area (Å²) in [6.07, 6.45) is 4.72. The third-order valence-corrected chi connectivity index (χ3v) is 5.13. The summed E-state index contributed by atoms with van der Waals surface area (Å²) in [5, 5.41) is 19.0. The van der Waals surface area contributed by atoms with Gasteiger partial charge in [-0.2, -0.15) is 5.10 Å². The fraction of sp³-hybridized carbons (Fsp3) is 0.412. The van der Waals surface area contributed by atoms with Crippen molar-refractivity contribution >= 4 is 35.6 Å². The Balaban J connectivity index is 0.00000261. The average molecular weight is 414 g/mol. The molecule has 1 aliphatic heterocycles. The zero-order chi connectivity index (χ0) is 18.7. The summed E-state index contributed by atoms with van der Waals surface area (Å²) in [7, 11) is 1.69. The summed E-state index contributed by atoms with van der Waals surface area (Å²) in [6.45, 7) is 1.63. The van der Waals surface area contributed by atoms with Gasteiger partial charge in [0.2, 0.25) is 0 Å². The van der Waals surface area contributed by atoms with Gasteiger partial charge >= 0.3 is 0 Å². The molecule has 1 saturated heterocycles. The highest BCUT2D eigenvalue weighted by atomic mass is 35.5. The Hall–Kier alpha value is -2.16. The summed E-state index contributed by atoms with van der Waals surface area (Å²) < 4.78 is 1.72. The summed E-state index contributed by atoms with van der Waals surface area (Å²) in [5.74, 6) is -0.0785. The highest BCUT2D eigenvalue weighted by Crippen LogP contribution is 2.30. The van der Waals surface area contributed by atoms with E-state index in [0.29, 0.717) is 23.4 Å². The number of halogens is 2. The highest BCUT2D eigenvalue weighted by Gasteiger charge is 2.43. The highest BCUT2D eigenvalue weighted by molar-refractivity contribution is 6.31. The molecule has 1 fully saturated rings. The van der Waals surface area contributed by atoms with Crippen LogP contribution in [0.3, 0.4) is 0 Å². The summed E-state index contributed by atoms with van der Waals surface area (Å²) in [5.41, 5.74) is -0.258. The monoisotopic (exact) mass is 413 g/mol. The standard InChI is InChI=1S/C17H20ClN5O3.ClH/c1-21(12-13-11-14(23(25)26)3-4-15(13)18)16(24)17(5-8-19-9-6-17)22-10-2-7-20-22;/h2-4,7,10-11,19H,5-6,8-9,12H2,1H3;1H. The molecule has 2 aromatic rings. The van der Waals surface area contributed by atoms with E-state index in [1.54, 1.807) is 35.1 Å². The molecule has 0 spiro atoms. The van der Waals surface area contributed by atoms with Gasteiger partial charge in [-0.1, -0.05) is 11.6 Å². The molecular weight excluding hydrogens is 393 g/mol. The van der Waals surface area contributed by atoms with Gasteiger partial charge < -0.3 is 10.2 Å². The van der Waals surface area contributed by atoms with Crippen LogP contribution in [0.4, 0.5) is 5.69 Å². The molecule has 0 bridgehead atoms. The van der Waals surface area contributed by atoms with Gasteiger partial charge in [-0.15, -0.1) is 12.4 Å². The van der Waals surface area contributed by atoms with Crippen LogP contribution in [0.1, 0.15) is 18.4 Å². The first-order valence-corrected chi connectivity index (χ1v) is 8.71. The fourth-order valence-electron chi connectivity index (χ4n) is 3.38. The van der Waals surface area contributed by atoms with E-state index >= 15 is 0 Å². The van der Waals surface area contributed by atoms with Crippen LogP contribution < -0.4 is 5.32 Å². The molecule has 0 aliphatic carbocycles. The maximum absolute atomic E-state index is 13.3. The molecule has 27 heavy (non-hydrogen) atoms. The molecule has 0 atom stereocenters. The number of carbonyl (C=O) groups is 1. The van der Waals surface area contributed by atoms with E-state index in [0.717, 1.165) is 13.1 Å². The van der Waals surface area contributed by atoms with Crippen molar-refractivity contribution < 1.29 is 9.72 Å². The molecule has 3 rings (SSSR count). The van der Waals surface area contributed by atoms with Crippen molar-refractivity contribution in [3.63, 3.8) is 0 Å². The third kappa shape index (κ3) is 4.23. The number of piperidine rings is 1. The second kappa shape index (κ2) is 8.69. The van der Waals surface area contributed by atoms with Crippen LogP contribution in [-0.4, -0.2) is 45.6 Å². The maximum atomic E-state index is 13.3.